The monoisotopic (exact) mass is 230 g/mol. The van der Waals surface area contributed by atoms with E-state index in [2.05, 4.69) is 4.98 Å². The Morgan fingerprint density at radius 2 is 1.81 bits per heavy atom. The van der Waals surface area contributed by atoms with E-state index in [1.165, 1.54) is 7.05 Å². The lowest BCUT2D eigenvalue weighted by Gasteiger charge is -1.97. The van der Waals surface area contributed by atoms with Crippen molar-refractivity contribution < 1.29 is 4.92 Å². The summed E-state index contributed by atoms with van der Waals surface area (Å²) in [4.78, 5) is 23.6. The van der Waals surface area contributed by atoms with Crippen LogP contribution in [0.5, 0.6) is 0 Å². The highest BCUT2D eigenvalue weighted by Gasteiger charge is 2.13. The van der Waals surface area contributed by atoms with Crippen LogP contribution in [-0.4, -0.2) is 14.5 Å². The summed E-state index contributed by atoms with van der Waals surface area (Å²) in [5.41, 5.74) is 4.15. The van der Waals surface area contributed by atoms with Crippen LogP contribution in [0.15, 0.2) is 11.0 Å². The summed E-state index contributed by atoms with van der Waals surface area (Å²) in [6.07, 6.45) is 1.03. The van der Waals surface area contributed by atoms with E-state index in [0.29, 0.717) is 0 Å². The Morgan fingerprint density at radius 3 is 2.19 bits per heavy atom. The van der Waals surface area contributed by atoms with Gasteiger partial charge in [-0.3, -0.25) is 14.7 Å². The van der Waals surface area contributed by atoms with E-state index < -0.39 is 10.6 Å². The fraction of sp³-hybridized carbons (Fsp3) is 0.556. The van der Waals surface area contributed by atoms with Crippen LogP contribution >= 0.6 is 0 Å². The van der Waals surface area contributed by atoms with E-state index in [9.17, 15) is 14.9 Å². The predicted molar refractivity (Wildman–Crippen MR) is 63.2 cm³/mol. The topological polar surface area (TPSA) is 104 Å². The molecule has 16 heavy (non-hydrogen) atoms. The zero-order valence-corrected chi connectivity index (χ0v) is 10.2. The molecule has 0 amide bonds. The van der Waals surface area contributed by atoms with Gasteiger partial charge in [0.25, 0.3) is 0 Å². The van der Waals surface area contributed by atoms with Crippen molar-refractivity contribution in [2.45, 2.75) is 27.7 Å². The highest BCUT2D eigenvalue weighted by atomic mass is 16.6. The van der Waals surface area contributed by atoms with Crippen molar-refractivity contribution in [3.05, 3.63) is 26.8 Å². The number of rotatable bonds is 1. The van der Waals surface area contributed by atoms with E-state index >= 15 is 0 Å². The molecule has 7 heteroatoms. The number of nitrogen functional groups attached to an aromatic ring is 1. The van der Waals surface area contributed by atoms with Crippen molar-refractivity contribution in [3.8, 4) is 0 Å². The molecule has 0 aliphatic rings. The number of hydrogen-bond acceptors (Lipinski definition) is 5. The van der Waals surface area contributed by atoms with Crippen molar-refractivity contribution in [1.29, 1.82) is 0 Å². The van der Waals surface area contributed by atoms with Crippen LogP contribution in [0.25, 0.3) is 0 Å². The van der Waals surface area contributed by atoms with E-state index in [1.807, 2.05) is 27.7 Å². The molecular weight excluding hydrogens is 212 g/mol. The van der Waals surface area contributed by atoms with Crippen LogP contribution in [0.4, 0.5) is 11.5 Å². The van der Waals surface area contributed by atoms with Crippen LogP contribution in [0, 0.1) is 10.1 Å². The summed E-state index contributed by atoms with van der Waals surface area (Å²) in [5.74, 6) is -0.358. The van der Waals surface area contributed by atoms with E-state index in [0.717, 1.165) is 10.8 Å². The molecule has 0 atom stereocenters. The summed E-state index contributed by atoms with van der Waals surface area (Å²) in [6, 6.07) is 0. The Balaban J connectivity index is 0. The normalized spacial score (nSPS) is 8.06. The maximum absolute atomic E-state index is 10.8. The quantitative estimate of drug-likeness (QED) is 0.578. The molecule has 0 aromatic carbocycles. The Morgan fingerprint density at radius 1 is 1.38 bits per heavy atom. The van der Waals surface area contributed by atoms with E-state index in [4.69, 9.17) is 5.73 Å². The molecule has 1 heterocycles. The second-order valence-electron chi connectivity index (χ2n) is 2.16. The van der Waals surface area contributed by atoms with Gasteiger partial charge in [0.15, 0.2) is 0 Å². The van der Waals surface area contributed by atoms with E-state index in [1.54, 1.807) is 0 Å². The maximum atomic E-state index is 10.8. The van der Waals surface area contributed by atoms with Crippen molar-refractivity contribution in [2.75, 3.05) is 5.73 Å². The van der Waals surface area contributed by atoms with Crippen molar-refractivity contribution in [3.63, 3.8) is 0 Å². The Hall–Kier alpha value is -1.92. The first-order valence-electron chi connectivity index (χ1n) is 5.00. The zero-order valence-electron chi connectivity index (χ0n) is 10.2. The van der Waals surface area contributed by atoms with Gasteiger partial charge in [0.1, 0.15) is 0 Å². The lowest BCUT2D eigenvalue weighted by molar-refractivity contribution is -0.384. The van der Waals surface area contributed by atoms with Crippen molar-refractivity contribution in [1.82, 2.24) is 9.55 Å². The molecule has 92 valence electrons. The van der Waals surface area contributed by atoms with Crippen LogP contribution in [0.3, 0.4) is 0 Å². The maximum Gasteiger partial charge on any atom is 0.349 e. The molecule has 0 saturated carbocycles. The number of nitrogens with zero attached hydrogens (tertiary/aromatic N) is 3. The summed E-state index contributed by atoms with van der Waals surface area (Å²) < 4.78 is 0.995. The zero-order chi connectivity index (χ0) is 13.3. The number of aromatic nitrogens is 2. The number of nitro groups is 1. The van der Waals surface area contributed by atoms with E-state index in [-0.39, 0.29) is 11.5 Å². The predicted octanol–water partition coefficient (Wildman–Crippen LogP) is 1.32. The molecule has 7 nitrogen and oxygen atoms in total. The molecule has 1 aromatic heterocycles. The standard InChI is InChI=1S/C5H6N4O3.2C2H6/c1-8-2-3(9(11)12)4(6)7-5(8)10;2*1-2/h2H,1H3,(H2,6,7,10);2*1-2H3. The third kappa shape index (κ3) is 4.54. The average molecular weight is 230 g/mol. The summed E-state index contributed by atoms with van der Waals surface area (Å²) in [5, 5.41) is 10.3. The molecule has 0 radical (unpaired) electrons. The Bertz CT molecular complexity index is 387. The minimum absolute atomic E-state index is 0.358. The molecule has 0 bridgehead atoms. The van der Waals surface area contributed by atoms with Gasteiger partial charge < -0.3 is 5.73 Å². The fourth-order valence-corrected chi connectivity index (χ4v) is 0.685. The van der Waals surface area contributed by atoms with Gasteiger partial charge in [-0.2, -0.15) is 4.98 Å². The minimum atomic E-state index is -0.693. The summed E-state index contributed by atoms with van der Waals surface area (Å²) in [6.45, 7) is 8.00. The largest absolute Gasteiger partial charge is 0.378 e. The molecule has 0 aliphatic heterocycles. The van der Waals surface area contributed by atoms with Crippen LogP contribution in [0.1, 0.15) is 27.7 Å². The third-order valence-electron chi connectivity index (χ3n) is 1.29. The first kappa shape index (κ1) is 16.5. The van der Waals surface area contributed by atoms with Crippen molar-refractivity contribution >= 4 is 11.5 Å². The smallest absolute Gasteiger partial charge is 0.349 e. The second-order valence-corrected chi connectivity index (χ2v) is 2.16. The molecule has 0 fully saturated rings. The fourth-order valence-electron chi connectivity index (χ4n) is 0.685. The molecule has 0 spiro atoms. The van der Waals surface area contributed by atoms with Gasteiger partial charge in [-0.25, -0.2) is 4.79 Å². The van der Waals surface area contributed by atoms with Crippen molar-refractivity contribution in [2.24, 2.45) is 7.05 Å². The minimum Gasteiger partial charge on any atom is -0.378 e. The second kappa shape index (κ2) is 8.39. The van der Waals surface area contributed by atoms with Gasteiger partial charge in [0.2, 0.25) is 5.82 Å². The van der Waals surface area contributed by atoms with Gasteiger partial charge in [-0.15, -0.1) is 0 Å². The lowest BCUT2D eigenvalue weighted by Crippen LogP contribution is -2.21. The van der Waals surface area contributed by atoms with Crippen LogP contribution < -0.4 is 11.4 Å². The van der Waals surface area contributed by atoms with Gasteiger partial charge in [0.05, 0.1) is 11.1 Å². The first-order valence-corrected chi connectivity index (χ1v) is 5.00. The van der Waals surface area contributed by atoms with Gasteiger partial charge in [-0.05, 0) is 0 Å². The molecule has 1 rings (SSSR count). The molecule has 0 aliphatic carbocycles. The number of anilines is 1. The highest BCUT2D eigenvalue weighted by molar-refractivity contribution is 5.49. The Kier molecular flexibility index (Phi) is 8.66. The third-order valence-corrected chi connectivity index (χ3v) is 1.29. The molecule has 2 N–H and O–H groups in total. The van der Waals surface area contributed by atoms with Crippen LogP contribution in [0.2, 0.25) is 0 Å². The average Bonchev–Trinajstić information content (AvgIpc) is 2.28. The number of nitrogens with two attached hydrogens (primary N) is 1. The molecule has 1 aromatic rings. The number of aryl methyl sites for hydroxylation is 1. The molecular formula is C9H18N4O3. The van der Waals surface area contributed by atoms with Crippen LogP contribution in [-0.2, 0) is 7.05 Å². The Labute approximate surface area is 94.1 Å². The van der Waals surface area contributed by atoms with Gasteiger partial charge in [0, 0.05) is 7.05 Å². The lowest BCUT2D eigenvalue weighted by atomic mass is 10.5. The van der Waals surface area contributed by atoms with Gasteiger partial charge >= 0.3 is 11.4 Å². The van der Waals surface area contributed by atoms with Gasteiger partial charge in [-0.1, -0.05) is 27.7 Å². The molecule has 0 unspecified atom stereocenters. The number of hydrogen-bond donors (Lipinski definition) is 1. The highest BCUT2D eigenvalue weighted by Crippen LogP contribution is 2.13. The first-order chi connectivity index (χ1) is 7.52. The summed E-state index contributed by atoms with van der Waals surface area (Å²) in [7, 11) is 1.36. The SMILES string of the molecule is CC.CC.Cn1cc([N+](=O)[O-])c(N)nc1=O. The summed E-state index contributed by atoms with van der Waals surface area (Å²) >= 11 is 0. The molecule has 0 saturated heterocycles.